The molecular formula is C4H4F2O4. The van der Waals surface area contributed by atoms with E-state index in [0.29, 0.717) is 6.92 Å². The molecule has 0 rings (SSSR count). The first-order valence-electron chi connectivity index (χ1n) is 2.18. The maximum absolute atomic E-state index is 12.3. The van der Waals surface area contributed by atoms with Crippen molar-refractivity contribution in [1.82, 2.24) is 0 Å². The molecule has 1 unspecified atom stereocenters. The minimum Gasteiger partial charge on any atom is -0.478 e. The molecule has 0 aliphatic rings. The van der Waals surface area contributed by atoms with E-state index in [0.717, 1.165) is 0 Å². The number of halogens is 2. The summed E-state index contributed by atoms with van der Waals surface area (Å²) in [5.41, 5.74) is -3.31. The van der Waals surface area contributed by atoms with Gasteiger partial charge in [0.15, 0.2) is 0 Å². The van der Waals surface area contributed by atoms with E-state index in [1.54, 1.807) is 0 Å². The Morgan fingerprint density at radius 2 is 2.00 bits per heavy atom. The van der Waals surface area contributed by atoms with Crippen LogP contribution in [0.15, 0.2) is 0 Å². The molecule has 1 N–H and O–H groups in total. The lowest BCUT2D eigenvalue weighted by atomic mass is 10.1. The summed E-state index contributed by atoms with van der Waals surface area (Å²) in [5.74, 6) is -4.16. The Hall–Kier alpha value is -1.20. The number of hydrogen-bond acceptors (Lipinski definition) is 3. The zero-order valence-electron chi connectivity index (χ0n) is 4.93. The van der Waals surface area contributed by atoms with Crippen LogP contribution in [0.2, 0.25) is 0 Å². The second-order valence-electron chi connectivity index (χ2n) is 1.67. The van der Waals surface area contributed by atoms with Gasteiger partial charge in [-0.25, -0.2) is 14.0 Å². The van der Waals surface area contributed by atoms with Gasteiger partial charge in [-0.15, -0.1) is 0 Å². The van der Waals surface area contributed by atoms with Crippen molar-refractivity contribution >= 4 is 11.9 Å². The topological polar surface area (TPSA) is 63.6 Å². The van der Waals surface area contributed by atoms with Crippen molar-refractivity contribution in [3.05, 3.63) is 0 Å². The predicted octanol–water partition coefficient (Wildman–Crippen LogP) is 0.227. The van der Waals surface area contributed by atoms with E-state index in [4.69, 9.17) is 5.11 Å². The van der Waals surface area contributed by atoms with E-state index >= 15 is 0 Å². The highest BCUT2D eigenvalue weighted by Gasteiger charge is 2.44. The third-order valence-electron chi connectivity index (χ3n) is 0.855. The monoisotopic (exact) mass is 154 g/mol. The number of carboxylic acid groups (broad SMARTS) is 1. The van der Waals surface area contributed by atoms with Gasteiger partial charge in [0.05, 0.1) is 0 Å². The van der Waals surface area contributed by atoms with E-state index in [9.17, 15) is 18.5 Å². The molecule has 0 aromatic heterocycles. The lowest BCUT2D eigenvalue weighted by Gasteiger charge is -2.07. The summed E-state index contributed by atoms with van der Waals surface area (Å²) in [6.07, 6.45) is 0. The van der Waals surface area contributed by atoms with Crippen molar-refractivity contribution < 1.29 is 28.6 Å². The van der Waals surface area contributed by atoms with Crippen molar-refractivity contribution in [2.45, 2.75) is 12.6 Å². The third-order valence-corrected chi connectivity index (χ3v) is 0.855. The van der Waals surface area contributed by atoms with Crippen LogP contribution in [0.5, 0.6) is 0 Å². The van der Waals surface area contributed by atoms with Crippen LogP contribution >= 0.6 is 0 Å². The number of carbonyl (C=O) groups is 2. The standard InChI is InChI=1S/C4H4F2O4/c1-4(5,2(7)8)3(9)10-6/h1H3,(H,7,8). The molecule has 1 atom stereocenters. The molecule has 0 spiro atoms. The largest absolute Gasteiger partial charge is 0.478 e. The zero-order chi connectivity index (χ0) is 8.36. The highest BCUT2D eigenvalue weighted by molar-refractivity contribution is 6.01. The second-order valence-corrected chi connectivity index (χ2v) is 1.67. The normalized spacial score (nSPS) is 15.5. The summed E-state index contributed by atoms with van der Waals surface area (Å²) in [5, 5.41) is 7.90. The van der Waals surface area contributed by atoms with Crippen molar-refractivity contribution in [3.8, 4) is 0 Å². The second kappa shape index (κ2) is 2.59. The molecule has 0 amide bonds. The molecule has 0 fully saturated rings. The first kappa shape index (κ1) is 8.80. The average molecular weight is 154 g/mol. The fourth-order valence-corrected chi connectivity index (χ4v) is 0.160. The molecular weight excluding hydrogens is 150 g/mol. The Labute approximate surface area is 54.3 Å². The van der Waals surface area contributed by atoms with Crippen molar-refractivity contribution in [2.24, 2.45) is 0 Å². The molecule has 0 aliphatic carbocycles. The minimum absolute atomic E-state index is 0.386. The summed E-state index contributed by atoms with van der Waals surface area (Å²) in [7, 11) is 0. The Morgan fingerprint density at radius 3 is 2.10 bits per heavy atom. The molecule has 0 heterocycles. The van der Waals surface area contributed by atoms with Gasteiger partial charge in [-0.2, -0.15) is 0 Å². The minimum atomic E-state index is -3.31. The molecule has 0 aromatic rings. The first-order chi connectivity index (χ1) is 4.42. The summed E-state index contributed by atoms with van der Waals surface area (Å²) in [4.78, 5) is 22.1. The van der Waals surface area contributed by atoms with E-state index < -0.39 is 17.6 Å². The van der Waals surface area contributed by atoms with E-state index in [2.05, 4.69) is 4.94 Å². The summed E-state index contributed by atoms with van der Waals surface area (Å²) in [6, 6.07) is 0. The SMILES string of the molecule is CC(F)(C(=O)O)C(=O)OF. The van der Waals surface area contributed by atoms with Crippen LogP contribution in [0.25, 0.3) is 0 Å². The first-order valence-corrected chi connectivity index (χ1v) is 2.18. The van der Waals surface area contributed by atoms with Crippen LogP contribution in [-0.4, -0.2) is 22.7 Å². The maximum atomic E-state index is 12.3. The van der Waals surface area contributed by atoms with Crippen LogP contribution < -0.4 is 0 Å². The Balaban J connectivity index is 4.40. The Morgan fingerprint density at radius 1 is 1.60 bits per heavy atom. The van der Waals surface area contributed by atoms with Crippen molar-refractivity contribution in [3.63, 3.8) is 0 Å². The van der Waals surface area contributed by atoms with Gasteiger partial charge < -0.3 is 5.11 Å². The van der Waals surface area contributed by atoms with Gasteiger partial charge in [-0.1, -0.05) is 0 Å². The fourth-order valence-electron chi connectivity index (χ4n) is 0.160. The van der Waals surface area contributed by atoms with Gasteiger partial charge in [0.25, 0.3) is 0 Å². The molecule has 6 heteroatoms. The smallest absolute Gasteiger partial charge is 0.396 e. The molecule has 0 saturated heterocycles. The quantitative estimate of drug-likeness (QED) is 0.578. The van der Waals surface area contributed by atoms with E-state index in [1.165, 1.54) is 0 Å². The van der Waals surface area contributed by atoms with Gasteiger partial charge in [0.1, 0.15) is 0 Å². The lowest BCUT2D eigenvalue weighted by Crippen LogP contribution is -2.39. The molecule has 0 aliphatic heterocycles. The number of carbonyl (C=O) groups excluding carboxylic acids is 1. The molecule has 0 radical (unpaired) electrons. The average Bonchev–Trinajstić information content (AvgIpc) is 1.86. The lowest BCUT2D eigenvalue weighted by molar-refractivity contribution is -0.201. The zero-order valence-corrected chi connectivity index (χ0v) is 4.93. The molecule has 0 bridgehead atoms. The van der Waals surface area contributed by atoms with Crippen LogP contribution in [0.3, 0.4) is 0 Å². The Bertz CT molecular complexity index is 165. The Kier molecular flexibility index (Phi) is 2.28. The molecule has 4 nitrogen and oxygen atoms in total. The van der Waals surface area contributed by atoms with E-state index in [1.807, 2.05) is 0 Å². The van der Waals surface area contributed by atoms with Crippen LogP contribution in [0.1, 0.15) is 6.92 Å². The van der Waals surface area contributed by atoms with Crippen molar-refractivity contribution in [2.75, 3.05) is 0 Å². The molecule has 0 aromatic carbocycles. The molecule has 0 saturated carbocycles. The van der Waals surface area contributed by atoms with Crippen molar-refractivity contribution in [1.29, 1.82) is 0 Å². The number of hydrogen-bond donors (Lipinski definition) is 1. The third kappa shape index (κ3) is 1.40. The molecule has 58 valence electrons. The van der Waals surface area contributed by atoms with Crippen LogP contribution in [-0.2, 0) is 14.5 Å². The van der Waals surface area contributed by atoms with Gasteiger partial charge in [-0.05, 0) is 6.92 Å². The summed E-state index contributed by atoms with van der Waals surface area (Å²) >= 11 is 0. The van der Waals surface area contributed by atoms with Crippen LogP contribution in [0.4, 0.5) is 8.92 Å². The van der Waals surface area contributed by atoms with E-state index in [-0.39, 0.29) is 0 Å². The number of carboxylic acids is 1. The highest BCUT2D eigenvalue weighted by Crippen LogP contribution is 2.12. The van der Waals surface area contributed by atoms with Crippen LogP contribution in [0, 0.1) is 0 Å². The maximum Gasteiger partial charge on any atom is 0.396 e. The number of rotatable bonds is 2. The fraction of sp³-hybridized carbons (Fsp3) is 0.500. The number of aliphatic carboxylic acids is 1. The van der Waals surface area contributed by atoms with Gasteiger partial charge >= 0.3 is 17.6 Å². The van der Waals surface area contributed by atoms with Gasteiger partial charge in [-0.3, -0.25) is 4.94 Å². The number of alkyl halides is 1. The van der Waals surface area contributed by atoms with Gasteiger partial charge in [0, 0.05) is 4.53 Å². The van der Waals surface area contributed by atoms with Gasteiger partial charge in [0.2, 0.25) is 0 Å². The summed E-state index contributed by atoms with van der Waals surface area (Å²) < 4.78 is 23.2. The predicted molar refractivity (Wildman–Crippen MR) is 24.3 cm³/mol. The molecule has 10 heavy (non-hydrogen) atoms. The summed E-state index contributed by atoms with van der Waals surface area (Å²) in [6.45, 7) is 0.386. The highest BCUT2D eigenvalue weighted by atomic mass is 19.3.